The van der Waals surface area contributed by atoms with Gasteiger partial charge in [-0.25, -0.2) is 0 Å². The lowest BCUT2D eigenvalue weighted by Crippen LogP contribution is -2.50. The Morgan fingerprint density at radius 2 is 2.21 bits per heavy atom. The average molecular weight is 262 g/mol. The Morgan fingerprint density at radius 1 is 1.42 bits per heavy atom. The molecule has 0 aromatic heterocycles. The molecule has 4 heteroatoms. The lowest BCUT2D eigenvalue weighted by Gasteiger charge is -2.35. The van der Waals surface area contributed by atoms with Gasteiger partial charge in [0.15, 0.2) is 0 Å². The summed E-state index contributed by atoms with van der Waals surface area (Å²) in [5.41, 5.74) is 2.28. The highest BCUT2D eigenvalue weighted by Crippen LogP contribution is 2.25. The summed E-state index contributed by atoms with van der Waals surface area (Å²) < 4.78 is 5.10. The molecule has 1 atom stereocenters. The van der Waals surface area contributed by atoms with Crippen LogP contribution in [0.5, 0.6) is 0 Å². The summed E-state index contributed by atoms with van der Waals surface area (Å²) in [6, 6.07) is 7.96. The molecule has 0 spiro atoms. The highest BCUT2D eigenvalue weighted by molar-refractivity contribution is 5.84. The van der Waals surface area contributed by atoms with Crippen LogP contribution >= 0.6 is 0 Å². The molecule has 19 heavy (non-hydrogen) atoms. The van der Waals surface area contributed by atoms with Gasteiger partial charge in [-0.1, -0.05) is 24.3 Å². The fourth-order valence-electron chi connectivity index (χ4n) is 2.60. The maximum absolute atomic E-state index is 12.2. The molecule has 1 saturated heterocycles. The molecule has 0 radical (unpaired) electrons. The number of rotatable bonds is 5. The van der Waals surface area contributed by atoms with Gasteiger partial charge in [-0.2, -0.15) is 0 Å². The molecule has 4 nitrogen and oxygen atoms in total. The number of hydrogen-bond donors (Lipinski definition) is 1. The molecule has 0 aliphatic carbocycles. The highest BCUT2D eigenvalue weighted by atomic mass is 16.5. The van der Waals surface area contributed by atoms with Crippen molar-refractivity contribution in [3.8, 4) is 0 Å². The second-order valence-electron chi connectivity index (χ2n) is 4.93. The predicted octanol–water partition coefficient (Wildman–Crippen LogP) is 1.50. The summed E-state index contributed by atoms with van der Waals surface area (Å²) in [4.78, 5) is 14.5. The van der Waals surface area contributed by atoms with Crippen molar-refractivity contribution in [3.63, 3.8) is 0 Å². The third-order valence-electron chi connectivity index (χ3n) is 3.59. The molecule has 1 heterocycles. The number of hydrogen-bond acceptors (Lipinski definition) is 3. The van der Waals surface area contributed by atoms with Crippen LogP contribution in [0.25, 0.3) is 0 Å². The molecule has 104 valence electrons. The van der Waals surface area contributed by atoms with Crippen molar-refractivity contribution in [2.45, 2.75) is 19.4 Å². The van der Waals surface area contributed by atoms with Crippen molar-refractivity contribution >= 4 is 5.91 Å². The van der Waals surface area contributed by atoms with Gasteiger partial charge < -0.3 is 10.1 Å². The first kappa shape index (κ1) is 14.0. The van der Waals surface area contributed by atoms with Crippen LogP contribution in [0, 0.1) is 6.92 Å². The number of nitrogens with zero attached hydrogens (tertiary/aromatic N) is 1. The summed E-state index contributed by atoms with van der Waals surface area (Å²) in [6.45, 7) is 5.31. The van der Waals surface area contributed by atoms with Crippen molar-refractivity contribution in [3.05, 3.63) is 35.4 Å². The van der Waals surface area contributed by atoms with Crippen LogP contribution in [0.4, 0.5) is 0 Å². The van der Waals surface area contributed by atoms with E-state index < -0.39 is 0 Å². The fourth-order valence-corrected chi connectivity index (χ4v) is 2.60. The first-order chi connectivity index (χ1) is 9.24. The number of benzene rings is 1. The molecular weight excluding hydrogens is 240 g/mol. The number of ether oxygens (including phenoxy) is 1. The van der Waals surface area contributed by atoms with Crippen molar-refractivity contribution in [1.82, 2.24) is 10.2 Å². The van der Waals surface area contributed by atoms with E-state index in [2.05, 4.69) is 23.2 Å². The topological polar surface area (TPSA) is 41.6 Å². The quantitative estimate of drug-likeness (QED) is 0.818. The van der Waals surface area contributed by atoms with Gasteiger partial charge in [-0.15, -0.1) is 0 Å². The molecule has 1 aromatic rings. The van der Waals surface area contributed by atoms with E-state index in [9.17, 15) is 4.79 Å². The van der Waals surface area contributed by atoms with Crippen LogP contribution in [0.3, 0.4) is 0 Å². The zero-order valence-corrected chi connectivity index (χ0v) is 11.7. The minimum absolute atomic E-state index is 0.109. The largest absolute Gasteiger partial charge is 0.385 e. The van der Waals surface area contributed by atoms with Crippen LogP contribution in [0.2, 0.25) is 0 Å². The summed E-state index contributed by atoms with van der Waals surface area (Å²) in [5, 5.41) is 2.97. The maximum Gasteiger partial charge on any atom is 0.242 e. The van der Waals surface area contributed by atoms with Gasteiger partial charge in [0.2, 0.25) is 5.91 Å². The summed E-state index contributed by atoms with van der Waals surface area (Å²) >= 11 is 0. The molecule has 0 bridgehead atoms. The van der Waals surface area contributed by atoms with E-state index in [1.54, 1.807) is 7.11 Å². The number of nitrogens with one attached hydrogen (secondary N) is 1. The fraction of sp³-hybridized carbons (Fsp3) is 0.533. The van der Waals surface area contributed by atoms with Gasteiger partial charge in [0, 0.05) is 33.4 Å². The SMILES string of the molecule is COCCCN1CCNC(=O)C1c1ccccc1C. The summed E-state index contributed by atoms with van der Waals surface area (Å²) in [5.74, 6) is 0.109. The molecule has 1 aromatic carbocycles. The van der Waals surface area contributed by atoms with Crippen molar-refractivity contribution < 1.29 is 9.53 Å². The van der Waals surface area contributed by atoms with E-state index in [0.717, 1.165) is 38.2 Å². The molecule has 1 amide bonds. The smallest absolute Gasteiger partial charge is 0.242 e. The van der Waals surface area contributed by atoms with Crippen LogP contribution in [-0.4, -0.2) is 44.2 Å². The van der Waals surface area contributed by atoms with E-state index in [1.165, 1.54) is 5.56 Å². The predicted molar refractivity (Wildman–Crippen MR) is 75.0 cm³/mol. The lowest BCUT2D eigenvalue weighted by atomic mass is 9.97. The minimum Gasteiger partial charge on any atom is -0.385 e. The third kappa shape index (κ3) is 3.33. The molecule has 0 saturated carbocycles. The second-order valence-corrected chi connectivity index (χ2v) is 4.93. The van der Waals surface area contributed by atoms with Gasteiger partial charge >= 0.3 is 0 Å². The Kier molecular flexibility index (Phi) is 4.93. The molecular formula is C15H22N2O2. The zero-order valence-electron chi connectivity index (χ0n) is 11.7. The summed E-state index contributed by atoms with van der Waals surface area (Å²) in [7, 11) is 1.71. The van der Waals surface area contributed by atoms with Crippen LogP contribution in [0.1, 0.15) is 23.6 Å². The third-order valence-corrected chi connectivity index (χ3v) is 3.59. The first-order valence-corrected chi connectivity index (χ1v) is 6.80. The molecule has 1 aliphatic heterocycles. The molecule has 1 fully saturated rings. The van der Waals surface area contributed by atoms with Crippen LogP contribution < -0.4 is 5.32 Å². The second kappa shape index (κ2) is 6.68. The first-order valence-electron chi connectivity index (χ1n) is 6.80. The van der Waals surface area contributed by atoms with E-state index in [0.29, 0.717) is 0 Å². The average Bonchev–Trinajstić information content (AvgIpc) is 2.41. The van der Waals surface area contributed by atoms with Gasteiger partial charge in [0.25, 0.3) is 0 Å². The maximum atomic E-state index is 12.2. The van der Waals surface area contributed by atoms with Crippen LogP contribution in [0.15, 0.2) is 24.3 Å². The Balaban J connectivity index is 2.16. The molecule has 1 N–H and O–H groups in total. The monoisotopic (exact) mass is 262 g/mol. The molecule has 1 unspecified atom stereocenters. The van der Waals surface area contributed by atoms with Gasteiger partial charge in [0.1, 0.15) is 6.04 Å². The molecule has 2 rings (SSSR count). The zero-order chi connectivity index (χ0) is 13.7. The minimum atomic E-state index is -0.160. The van der Waals surface area contributed by atoms with Crippen molar-refractivity contribution in [2.24, 2.45) is 0 Å². The molecule has 1 aliphatic rings. The van der Waals surface area contributed by atoms with E-state index in [1.807, 2.05) is 18.2 Å². The Hall–Kier alpha value is -1.39. The van der Waals surface area contributed by atoms with E-state index >= 15 is 0 Å². The lowest BCUT2D eigenvalue weighted by molar-refractivity contribution is -0.129. The Bertz CT molecular complexity index is 434. The van der Waals surface area contributed by atoms with Gasteiger partial charge in [0.05, 0.1) is 0 Å². The van der Waals surface area contributed by atoms with Crippen molar-refractivity contribution in [2.75, 3.05) is 33.4 Å². The van der Waals surface area contributed by atoms with Crippen molar-refractivity contribution in [1.29, 1.82) is 0 Å². The number of methoxy groups -OCH3 is 1. The van der Waals surface area contributed by atoms with Crippen LogP contribution in [-0.2, 0) is 9.53 Å². The Morgan fingerprint density at radius 3 is 2.95 bits per heavy atom. The van der Waals surface area contributed by atoms with Gasteiger partial charge in [-0.3, -0.25) is 9.69 Å². The van der Waals surface area contributed by atoms with E-state index in [4.69, 9.17) is 4.74 Å². The standard InChI is InChI=1S/C15H22N2O2/c1-12-6-3-4-7-13(12)14-15(18)16-8-10-17(14)9-5-11-19-2/h3-4,6-7,14H,5,8-11H2,1-2H3,(H,16,18). The number of carbonyl (C=O) groups is 1. The number of piperazine rings is 1. The van der Waals surface area contributed by atoms with E-state index in [-0.39, 0.29) is 11.9 Å². The number of amides is 1. The number of aryl methyl sites for hydroxylation is 1. The normalized spacial score (nSPS) is 20.3. The highest BCUT2D eigenvalue weighted by Gasteiger charge is 2.31. The summed E-state index contributed by atoms with van der Waals surface area (Å²) in [6.07, 6.45) is 0.951. The number of carbonyl (C=O) groups excluding carboxylic acids is 1. The van der Waals surface area contributed by atoms with Gasteiger partial charge in [-0.05, 0) is 24.5 Å². The Labute approximate surface area is 114 Å².